The van der Waals surface area contributed by atoms with Gasteiger partial charge in [0.15, 0.2) is 0 Å². The van der Waals surface area contributed by atoms with Crippen molar-refractivity contribution in [3.8, 4) is 0 Å². The van der Waals surface area contributed by atoms with E-state index in [1.807, 2.05) is 20.8 Å². The van der Waals surface area contributed by atoms with Crippen LogP contribution in [0.25, 0.3) is 0 Å². The fourth-order valence-electron chi connectivity index (χ4n) is 2.01. The van der Waals surface area contributed by atoms with Crippen LogP contribution in [0.1, 0.15) is 85.0 Å². The summed E-state index contributed by atoms with van der Waals surface area (Å²) in [6, 6.07) is 0. The molecule has 134 valence electrons. The van der Waals surface area contributed by atoms with Crippen LogP contribution < -0.4 is 0 Å². The number of carboxylic acids is 1. The van der Waals surface area contributed by atoms with Crippen molar-refractivity contribution in [2.24, 2.45) is 5.41 Å². The number of hydrogen-bond acceptors (Lipinski definition) is 4. The van der Waals surface area contributed by atoms with Crippen molar-refractivity contribution in [3.05, 3.63) is 0 Å². The zero-order valence-electron chi connectivity index (χ0n) is 14.9. The van der Waals surface area contributed by atoms with E-state index >= 15 is 0 Å². The average molecular weight is 328 g/mol. The summed E-state index contributed by atoms with van der Waals surface area (Å²) < 4.78 is 5.24. The van der Waals surface area contributed by atoms with Crippen LogP contribution in [-0.2, 0) is 19.1 Å². The molecule has 1 N–H and O–H groups in total. The first-order chi connectivity index (χ1) is 10.8. The Bertz CT molecular complexity index is 374. The summed E-state index contributed by atoms with van der Waals surface area (Å²) in [6.45, 7) is 6.15. The van der Waals surface area contributed by atoms with Gasteiger partial charge in [0.05, 0.1) is 12.0 Å². The van der Waals surface area contributed by atoms with Crippen LogP contribution in [0.5, 0.6) is 0 Å². The van der Waals surface area contributed by atoms with Crippen molar-refractivity contribution in [3.63, 3.8) is 0 Å². The van der Waals surface area contributed by atoms with E-state index in [9.17, 15) is 14.4 Å². The molecular weight excluding hydrogens is 296 g/mol. The molecule has 0 saturated carbocycles. The molecule has 0 aromatic carbocycles. The van der Waals surface area contributed by atoms with Crippen LogP contribution in [0.2, 0.25) is 0 Å². The van der Waals surface area contributed by atoms with E-state index in [1.54, 1.807) is 0 Å². The summed E-state index contributed by atoms with van der Waals surface area (Å²) in [4.78, 5) is 33.7. The van der Waals surface area contributed by atoms with Crippen LogP contribution in [0, 0.1) is 5.41 Å². The van der Waals surface area contributed by atoms with Gasteiger partial charge in [-0.25, -0.2) is 0 Å². The highest BCUT2D eigenvalue weighted by Crippen LogP contribution is 2.21. The van der Waals surface area contributed by atoms with Gasteiger partial charge in [0.2, 0.25) is 0 Å². The summed E-state index contributed by atoms with van der Waals surface area (Å²) in [6.07, 6.45) is 6.74. The Hall–Kier alpha value is -1.39. The number of esters is 1. The number of carbonyl (C=O) groups excluding carboxylic acids is 2. The standard InChI is InChI=1S/C18H32O5/c1-4-18(2,3)17(22)23-14-10-6-8-12-15(19)11-7-5-9-13-16(20)21/h4-14H2,1-3H3,(H,20,21). The van der Waals surface area contributed by atoms with Gasteiger partial charge in [-0.05, 0) is 52.4 Å². The Balaban J connectivity index is 3.49. The molecule has 5 nitrogen and oxygen atoms in total. The molecule has 0 unspecified atom stereocenters. The maximum absolute atomic E-state index is 11.7. The molecule has 0 rings (SSSR count). The van der Waals surface area contributed by atoms with E-state index in [0.717, 1.165) is 38.5 Å². The van der Waals surface area contributed by atoms with Gasteiger partial charge in [-0.3, -0.25) is 14.4 Å². The number of rotatable bonds is 14. The molecule has 0 atom stereocenters. The molecular formula is C18H32O5. The number of carbonyl (C=O) groups is 3. The maximum Gasteiger partial charge on any atom is 0.311 e. The van der Waals surface area contributed by atoms with Crippen LogP contribution in [0.3, 0.4) is 0 Å². The minimum Gasteiger partial charge on any atom is -0.481 e. The number of ketones is 1. The average Bonchev–Trinajstić information content (AvgIpc) is 2.49. The Kier molecular flexibility index (Phi) is 11.4. The molecule has 0 bridgehead atoms. The molecule has 0 aromatic heterocycles. The van der Waals surface area contributed by atoms with Gasteiger partial charge in [0, 0.05) is 19.3 Å². The predicted octanol–water partition coefficient (Wildman–Crippen LogP) is 4.13. The van der Waals surface area contributed by atoms with Gasteiger partial charge >= 0.3 is 11.9 Å². The van der Waals surface area contributed by atoms with Crippen LogP contribution >= 0.6 is 0 Å². The molecule has 0 amide bonds. The van der Waals surface area contributed by atoms with E-state index in [1.165, 1.54) is 0 Å². The fraction of sp³-hybridized carbons (Fsp3) is 0.833. The quantitative estimate of drug-likeness (QED) is 0.383. The van der Waals surface area contributed by atoms with Crippen molar-refractivity contribution in [1.29, 1.82) is 0 Å². The monoisotopic (exact) mass is 328 g/mol. The van der Waals surface area contributed by atoms with Gasteiger partial charge in [-0.1, -0.05) is 13.3 Å². The van der Waals surface area contributed by atoms with Gasteiger partial charge in [-0.15, -0.1) is 0 Å². The Labute approximate surface area is 139 Å². The molecule has 0 saturated heterocycles. The molecule has 0 spiro atoms. The molecule has 0 aromatic rings. The molecule has 0 aliphatic heterocycles. The lowest BCUT2D eigenvalue weighted by atomic mass is 9.91. The first-order valence-corrected chi connectivity index (χ1v) is 8.70. The Morgan fingerprint density at radius 3 is 1.91 bits per heavy atom. The Morgan fingerprint density at radius 1 is 0.870 bits per heavy atom. The van der Waals surface area contributed by atoms with Crippen molar-refractivity contribution in [2.45, 2.75) is 85.0 Å². The van der Waals surface area contributed by atoms with E-state index in [-0.39, 0.29) is 18.2 Å². The number of unbranched alkanes of at least 4 members (excludes halogenated alkanes) is 4. The topological polar surface area (TPSA) is 80.7 Å². The third-order valence-corrected chi connectivity index (χ3v) is 4.12. The largest absolute Gasteiger partial charge is 0.481 e. The van der Waals surface area contributed by atoms with Crippen molar-refractivity contribution < 1.29 is 24.2 Å². The van der Waals surface area contributed by atoms with Crippen molar-refractivity contribution >= 4 is 17.7 Å². The van der Waals surface area contributed by atoms with E-state index in [0.29, 0.717) is 25.9 Å². The first kappa shape index (κ1) is 21.6. The van der Waals surface area contributed by atoms with Crippen LogP contribution in [-0.4, -0.2) is 29.4 Å². The normalized spacial score (nSPS) is 11.3. The number of Topliss-reactive ketones (excluding diaryl/α,β-unsaturated/α-hetero) is 1. The minimum absolute atomic E-state index is 0.155. The smallest absolute Gasteiger partial charge is 0.311 e. The van der Waals surface area contributed by atoms with Gasteiger partial charge in [0.1, 0.15) is 5.78 Å². The van der Waals surface area contributed by atoms with E-state index in [4.69, 9.17) is 9.84 Å². The highest BCUT2D eigenvalue weighted by atomic mass is 16.5. The van der Waals surface area contributed by atoms with Crippen molar-refractivity contribution in [1.82, 2.24) is 0 Å². The van der Waals surface area contributed by atoms with Gasteiger partial charge in [0.25, 0.3) is 0 Å². The highest BCUT2D eigenvalue weighted by Gasteiger charge is 2.26. The van der Waals surface area contributed by atoms with Gasteiger partial charge < -0.3 is 9.84 Å². The molecule has 0 aliphatic carbocycles. The molecule has 0 fully saturated rings. The Morgan fingerprint density at radius 2 is 1.39 bits per heavy atom. The van der Waals surface area contributed by atoms with Crippen LogP contribution in [0.15, 0.2) is 0 Å². The molecule has 5 heteroatoms. The lowest BCUT2D eigenvalue weighted by Crippen LogP contribution is -2.26. The summed E-state index contributed by atoms with van der Waals surface area (Å²) in [5, 5.41) is 8.50. The molecule has 0 aliphatic rings. The third kappa shape index (κ3) is 11.8. The molecule has 0 heterocycles. The number of hydrogen-bond donors (Lipinski definition) is 1. The maximum atomic E-state index is 11.7. The summed E-state index contributed by atoms with van der Waals surface area (Å²) in [5.41, 5.74) is -0.420. The fourth-order valence-corrected chi connectivity index (χ4v) is 2.01. The lowest BCUT2D eigenvalue weighted by molar-refractivity contribution is -0.154. The van der Waals surface area contributed by atoms with Gasteiger partial charge in [-0.2, -0.15) is 0 Å². The second-order valence-electron chi connectivity index (χ2n) is 6.68. The van der Waals surface area contributed by atoms with Crippen molar-refractivity contribution in [2.75, 3.05) is 6.61 Å². The van der Waals surface area contributed by atoms with Crippen LogP contribution in [0.4, 0.5) is 0 Å². The van der Waals surface area contributed by atoms with E-state index in [2.05, 4.69) is 0 Å². The molecule has 23 heavy (non-hydrogen) atoms. The minimum atomic E-state index is -0.778. The highest BCUT2D eigenvalue weighted by molar-refractivity contribution is 5.78. The number of ether oxygens (including phenoxy) is 1. The summed E-state index contributed by atoms with van der Waals surface area (Å²) >= 11 is 0. The number of carboxylic acid groups (broad SMARTS) is 1. The SMILES string of the molecule is CCC(C)(C)C(=O)OCCCCCC(=O)CCCCCC(=O)O. The number of aliphatic carboxylic acids is 1. The zero-order valence-corrected chi connectivity index (χ0v) is 14.9. The zero-order chi connectivity index (χ0) is 17.7. The second kappa shape index (κ2) is 12.1. The lowest BCUT2D eigenvalue weighted by Gasteiger charge is -2.20. The first-order valence-electron chi connectivity index (χ1n) is 8.70. The summed E-state index contributed by atoms with van der Waals surface area (Å²) in [7, 11) is 0. The second-order valence-corrected chi connectivity index (χ2v) is 6.68. The third-order valence-electron chi connectivity index (χ3n) is 4.12. The predicted molar refractivity (Wildman–Crippen MR) is 89.2 cm³/mol. The summed E-state index contributed by atoms with van der Waals surface area (Å²) in [5.74, 6) is -0.693. The van der Waals surface area contributed by atoms with E-state index < -0.39 is 11.4 Å². The molecule has 0 radical (unpaired) electrons.